The number of rotatable bonds is 5. The van der Waals surface area contributed by atoms with Gasteiger partial charge in [-0.3, -0.25) is 4.99 Å². The van der Waals surface area contributed by atoms with Crippen molar-refractivity contribution < 1.29 is 8.78 Å². The van der Waals surface area contributed by atoms with Crippen molar-refractivity contribution in [1.29, 1.82) is 0 Å². The molecule has 30 heavy (non-hydrogen) atoms. The Morgan fingerprint density at radius 3 is 2.63 bits per heavy atom. The smallest absolute Gasteiger partial charge is 0.191 e. The van der Waals surface area contributed by atoms with Crippen molar-refractivity contribution in [3.63, 3.8) is 0 Å². The van der Waals surface area contributed by atoms with Gasteiger partial charge in [-0.15, -0.1) is 24.0 Å². The van der Waals surface area contributed by atoms with Gasteiger partial charge in [0.2, 0.25) is 0 Å². The van der Waals surface area contributed by atoms with Crippen LogP contribution >= 0.6 is 24.0 Å². The molecule has 4 rings (SSSR count). The maximum Gasteiger partial charge on any atom is 0.191 e. The molecule has 0 amide bonds. The first-order valence-electron chi connectivity index (χ1n) is 10.2. The second-order valence-corrected chi connectivity index (χ2v) is 7.95. The van der Waals surface area contributed by atoms with E-state index >= 15 is 0 Å². The molecule has 1 aliphatic heterocycles. The number of hydrogen-bond donors (Lipinski definition) is 2. The first kappa shape index (κ1) is 22.7. The number of aromatic nitrogens is 1. The molecule has 1 saturated carbocycles. The first-order chi connectivity index (χ1) is 14.1. The van der Waals surface area contributed by atoms with Gasteiger partial charge in [-0.1, -0.05) is 18.6 Å². The molecule has 2 aromatic rings. The number of benzene rings is 1. The van der Waals surface area contributed by atoms with Crippen LogP contribution in [-0.2, 0) is 5.41 Å². The maximum absolute atomic E-state index is 14.0. The van der Waals surface area contributed by atoms with Crippen LogP contribution < -0.4 is 15.5 Å². The Morgan fingerprint density at radius 1 is 1.23 bits per heavy atom. The maximum atomic E-state index is 14.0. The van der Waals surface area contributed by atoms with E-state index in [0.717, 1.165) is 38.3 Å². The highest BCUT2D eigenvalue weighted by molar-refractivity contribution is 14.0. The van der Waals surface area contributed by atoms with Crippen LogP contribution in [0, 0.1) is 11.6 Å². The lowest BCUT2D eigenvalue weighted by Crippen LogP contribution is -2.51. The molecule has 5 nitrogen and oxygen atoms in total. The van der Waals surface area contributed by atoms with Gasteiger partial charge < -0.3 is 15.5 Å². The number of hydrogen-bond acceptors (Lipinski definition) is 3. The van der Waals surface area contributed by atoms with E-state index in [1.165, 1.54) is 30.2 Å². The Morgan fingerprint density at radius 2 is 2.00 bits per heavy atom. The number of guanidine groups is 1. The number of pyridine rings is 1. The summed E-state index contributed by atoms with van der Waals surface area (Å²) in [7, 11) is 1.76. The van der Waals surface area contributed by atoms with Gasteiger partial charge in [-0.05, 0) is 49.1 Å². The molecule has 2 N–H and O–H groups in total. The Bertz CT molecular complexity index is 870. The fourth-order valence-corrected chi connectivity index (χ4v) is 4.30. The number of aliphatic imine (C=N–C) groups is 1. The molecule has 1 unspecified atom stereocenters. The van der Waals surface area contributed by atoms with Gasteiger partial charge in [-0.2, -0.15) is 0 Å². The van der Waals surface area contributed by atoms with Crippen LogP contribution in [0.15, 0.2) is 47.6 Å². The Labute approximate surface area is 193 Å². The highest BCUT2D eigenvalue weighted by Gasteiger charge is 2.38. The van der Waals surface area contributed by atoms with Crippen molar-refractivity contribution in [2.24, 2.45) is 4.99 Å². The standard InChI is InChI=1S/C22H27F2N5.HI/c1-25-21(27-15-22(10-3-11-22)16-5-7-17(23)8-6-16)28-18-9-13-29(14-18)20-19(24)4-2-12-26-20;/h2,4-8,12,18H,3,9-11,13-15H2,1H3,(H2,25,27,28);1H. The lowest BCUT2D eigenvalue weighted by atomic mass is 9.64. The third kappa shape index (κ3) is 4.84. The van der Waals surface area contributed by atoms with Gasteiger partial charge in [0.1, 0.15) is 5.82 Å². The summed E-state index contributed by atoms with van der Waals surface area (Å²) in [6.45, 7) is 2.18. The Kier molecular flexibility index (Phi) is 7.49. The molecule has 1 aromatic heterocycles. The van der Waals surface area contributed by atoms with E-state index < -0.39 is 0 Å². The summed E-state index contributed by atoms with van der Waals surface area (Å²) in [6, 6.07) is 10.1. The van der Waals surface area contributed by atoms with E-state index in [-0.39, 0.29) is 47.1 Å². The molecule has 2 fully saturated rings. The zero-order chi connectivity index (χ0) is 20.3. The summed E-state index contributed by atoms with van der Waals surface area (Å²) in [4.78, 5) is 10.5. The van der Waals surface area contributed by atoms with Crippen molar-refractivity contribution >= 4 is 35.8 Å². The van der Waals surface area contributed by atoms with E-state index in [4.69, 9.17) is 0 Å². The van der Waals surface area contributed by atoms with Crippen LogP contribution in [0.2, 0.25) is 0 Å². The lowest BCUT2D eigenvalue weighted by Gasteiger charge is -2.43. The second-order valence-electron chi connectivity index (χ2n) is 7.95. The summed E-state index contributed by atoms with van der Waals surface area (Å²) < 4.78 is 27.3. The van der Waals surface area contributed by atoms with Gasteiger partial charge in [0.25, 0.3) is 0 Å². The molecule has 2 aliphatic rings. The van der Waals surface area contributed by atoms with Crippen molar-refractivity contribution in [3.8, 4) is 0 Å². The number of nitrogens with zero attached hydrogens (tertiary/aromatic N) is 3. The van der Waals surface area contributed by atoms with Crippen molar-refractivity contribution in [2.45, 2.75) is 37.1 Å². The minimum absolute atomic E-state index is 0. The van der Waals surface area contributed by atoms with E-state index in [1.807, 2.05) is 17.0 Å². The summed E-state index contributed by atoms with van der Waals surface area (Å²) in [6.07, 6.45) is 5.85. The quantitative estimate of drug-likeness (QED) is 0.353. The zero-order valence-electron chi connectivity index (χ0n) is 17.1. The third-order valence-electron chi connectivity index (χ3n) is 6.15. The molecule has 1 saturated heterocycles. The van der Waals surface area contributed by atoms with Gasteiger partial charge in [0, 0.05) is 44.3 Å². The second kappa shape index (κ2) is 9.89. The number of anilines is 1. The fraction of sp³-hybridized carbons (Fsp3) is 0.455. The predicted molar refractivity (Wildman–Crippen MR) is 127 cm³/mol. The molecule has 8 heteroatoms. The van der Waals surface area contributed by atoms with E-state index in [2.05, 4.69) is 20.6 Å². The molecular weight excluding hydrogens is 499 g/mol. The van der Waals surface area contributed by atoms with Gasteiger partial charge in [0.15, 0.2) is 17.6 Å². The molecule has 2 heterocycles. The minimum Gasteiger partial charge on any atom is -0.356 e. The van der Waals surface area contributed by atoms with Gasteiger partial charge in [0.05, 0.1) is 0 Å². The molecule has 1 aromatic carbocycles. The summed E-state index contributed by atoms with van der Waals surface area (Å²) >= 11 is 0. The van der Waals surface area contributed by atoms with Crippen LogP contribution in [0.4, 0.5) is 14.6 Å². The number of halogens is 3. The van der Waals surface area contributed by atoms with Gasteiger partial charge in [-0.25, -0.2) is 13.8 Å². The third-order valence-corrected chi connectivity index (χ3v) is 6.15. The Balaban J connectivity index is 0.00000256. The summed E-state index contributed by atoms with van der Waals surface area (Å²) in [5, 5.41) is 6.91. The topological polar surface area (TPSA) is 52.6 Å². The van der Waals surface area contributed by atoms with Crippen molar-refractivity contribution in [3.05, 3.63) is 59.8 Å². The lowest BCUT2D eigenvalue weighted by molar-refractivity contribution is 0.243. The van der Waals surface area contributed by atoms with E-state index in [9.17, 15) is 8.78 Å². The van der Waals surface area contributed by atoms with Gasteiger partial charge >= 0.3 is 0 Å². The Hall–Kier alpha value is -1.97. The average Bonchev–Trinajstić information content (AvgIpc) is 3.16. The average molecular weight is 527 g/mol. The molecule has 0 bridgehead atoms. The van der Waals surface area contributed by atoms with Crippen LogP contribution in [0.3, 0.4) is 0 Å². The molecule has 162 valence electrons. The molecule has 0 radical (unpaired) electrons. The van der Waals surface area contributed by atoms with E-state index in [1.54, 1.807) is 19.3 Å². The number of nitrogens with one attached hydrogen (secondary N) is 2. The first-order valence-corrected chi connectivity index (χ1v) is 10.2. The highest BCUT2D eigenvalue weighted by atomic mass is 127. The van der Waals surface area contributed by atoms with Crippen LogP contribution in [0.25, 0.3) is 0 Å². The van der Waals surface area contributed by atoms with E-state index in [0.29, 0.717) is 12.4 Å². The largest absolute Gasteiger partial charge is 0.356 e. The van der Waals surface area contributed by atoms with Crippen LogP contribution in [-0.4, -0.2) is 43.7 Å². The van der Waals surface area contributed by atoms with Crippen LogP contribution in [0.5, 0.6) is 0 Å². The predicted octanol–water partition coefficient (Wildman–Crippen LogP) is 3.84. The minimum atomic E-state index is -0.290. The molecule has 1 atom stereocenters. The monoisotopic (exact) mass is 527 g/mol. The molecular formula is C22H28F2IN5. The summed E-state index contributed by atoms with van der Waals surface area (Å²) in [5.41, 5.74) is 1.20. The molecule has 1 aliphatic carbocycles. The van der Waals surface area contributed by atoms with Crippen molar-refractivity contribution in [2.75, 3.05) is 31.6 Å². The molecule has 0 spiro atoms. The fourth-order valence-electron chi connectivity index (χ4n) is 4.30. The summed E-state index contributed by atoms with van der Waals surface area (Å²) in [5.74, 6) is 0.655. The van der Waals surface area contributed by atoms with Crippen LogP contribution in [0.1, 0.15) is 31.2 Å². The SMILES string of the molecule is CN=C(NCC1(c2ccc(F)cc2)CCC1)NC1CCN(c2ncccc2F)C1.I. The highest BCUT2D eigenvalue weighted by Crippen LogP contribution is 2.43. The zero-order valence-corrected chi connectivity index (χ0v) is 19.4. The van der Waals surface area contributed by atoms with Crippen molar-refractivity contribution in [1.82, 2.24) is 15.6 Å². The normalized spacial score (nSPS) is 20.3.